The molecule has 1 aliphatic carbocycles. The molecule has 0 fully saturated rings. The maximum Gasteiger partial charge on any atom is 0.160 e. The van der Waals surface area contributed by atoms with Crippen molar-refractivity contribution < 1.29 is 0 Å². The molecule has 10 aromatic rings. The Morgan fingerprint density at radius 1 is 0.364 bits per heavy atom. The van der Waals surface area contributed by atoms with Gasteiger partial charge in [0.05, 0.1) is 11.4 Å². The largest absolute Gasteiger partial charge is 0.228 e. The quantitative estimate of drug-likeness (QED) is 0.167. The van der Waals surface area contributed by atoms with E-state index in [0.29, 0.717) is 0 Å². The molecule has 1 aromatic heterocycles. The Bertz CT molecular complexity index is 3070. The van der Waals surface area contributed by atoms with Crippen LogP contribution >= 0.6 is 0 Å². The predicted octanol–water partition coefficient (Wildman–Crippen LogP) is 14.0. The minimum atomic E-state index is -0.203. The normalized spacial score (nSPS) is 13.1. The molecule has 55 heavy (non-hydrogen) atoms. The first kappa shape index (κ1) is 31.6. The zero-order valence-electron chi connectivity index (χ0n) is 30.7. The van der Waals surface area contributed by atoms with Crippen molar-refractivity contribution in [3.8, 4) is 67.3 Å². The predicted molar refractivity (Wildman–Crippen MR) is 230 cm³/mol. The third kappa shape index (κ3) is 4.95. The van der Waals surface area contributed by atoms with Crippen molar-refractivity contribution in [2.45, 2.75) is 19.3 Å². The van der Waals surface area contributed by atoms with Gasteiger partial charge in [-0.25, -0.2) is 9.97 Å². The Morgan fingerprint density at radius 2 is 0.945 bits per heavy atom. The highest BCUT2D eigenvalue weighted by Gasteiger charge is 2.37. The zero-order chi connectivity index (χ0) is 36.7. The summed E-state index contributed by atoms with van der Waals surface area (Å²) >= 11 is 0. The minimum Gasteiger partial charge on any atom is -0.228 e. The van der Waals surface area contributed by atoms with E-state index in [2.05, 4.69) is 190 Å². The SMILES string of the molecule is CC1(C)c2cc(-c3ccc4ccc5cccc6ccc3c4c56)ccc2-c2c(-c3cc(-c4ccc(-c5ccccc5)cc4)nc(-c4ccccc4)n3)cccc21. The highest BCUT2D eigenvalue weighted by molar-refractivity contribution is 6.25. The van der Waals surface area contributed by atoms with Crippen LogP contribution in [-0.4, -0.2) is 9.97 Å². The van der Waals surface area contributed by atoms with Crippen LogP contribution in [0.25, 0.3) is 99.6 Å². The smallest absolute Gasteiger partial charge is 0.160 e. The Morgan fingerprint density at radius 3 is 1.71 bits per heavy atom. The Kier molecular flexibility index (Phi) is 6.93. The first-order valence-electron chi connectivity index (χ1n) is 19.1. The van der Waals surface area contributed by atoms with Gasteiger partial charge in [-0.1, -0.05) is 184 Å². The van der Waals surface area contributed by atoms with E-state index in [4.69, 9.17) is 9.97 Å². The van der Waals surface area contributed by atoms with Crippen molar-refractivity contribution >= 4 is 32.3 Å². The van der Waals surface area contributed by atoms with Crippen LogP contribution in [-0.2, 0) is 5.41 Å². The Balaban J connectivity index is 1.06. The first-order valence-corrected chi connectivity index (χ1v) is 19.1. The number of benzene rings is 9. The molecule has 2 heteroatoms. The molecule has 0 radical (unpaired) electrons. The molecular formula is C53H36N2. The van der Waals surface area contributed by atoms with E-state index in [1.54, 1.807) is 0 Å². The van der Waals surface area contributed by atoms with Crippen LogP contribution in [0.3, 0.4) is 0 Å². The maximum absolute atomic E-state index is 5.29. The third-order valence-corrected chi connectivity index (χ3v) is 11.9. The number of hydrogen-bond acceptors (Lipinski definition) is 2. The number of aromatic nitrogens is 2. The van der Waals surface area contributed by atoms with Gasteiger partial charge in [-0.05, 0) is 89.0 Å². The van der Waals surface area contributed by atoms with Crippen LogP contribution in [0.15, 0.2) is 182 Å². The lowest BCUT2D eigenvalue weighted by molar-refractivity contribution is 0.660. The van der Waals surface area contributed by atoms with Gasteiger partial charge in [-0.3, -0.25) is 0 Å². The fourth-order valence-electron chi connectivity index (χ4n) is 9.07. The van der Waals surface area contributed by atoms with E-state index >= 15 is 0 Å². The lowest BCUT2D eigenvalue weighted by Crippen LogP contribution is -2.15. The number of rotatable bonds is 5. The highest BCUT2D eigenvalue weighted by Crippen LogP contribution is 2.53. The summed E-state index contributed by atoms with van der Waals surface area (Å²) in [5, 5.41) is 7.87. The van der Waals surface area contributed by atoms with Crippen LogP contribution in [0.1, 0.15) is 25.0 Å². The molecule has 1 aliphatic rings. The second-order valence-corrected chi connectivity index (χ2v) is 15.4. The van der Waals surface area contributed by atoms with E-state index in [0.717, 1.165) is 33.9 Å². The topological polar surface area (TPSA) is 25.8 Å². The molecule has 0 N–H and O–H groups in total. The van der Waals surface area contributed by atoms with Gasteiger partial charge in [0.25, 0.3) is 0 Å². The van der Waals surface area contributed by atoms with Crippen LogP contribution in [0.2, 0.25) is 0 Å². The molecule has 0 spiro atoms. The second kappa shape index (κ2) is 12.1. The maximum atomic E-state index is 5.29. The summed E-state index contributed by atoms with van der Waals surface area (Å²) in [6, 6.07) is 65.9. The van der Waals surface area contributed by atoms with Crippen molar-refractivity contribution in [3.05, 3.63) is 193 Å². The molecule has 2 nitrogen and oxygen atoms in total. The van der Waals surface area contributed by atoms with Crippen molar-refractivity contribution in [1.82, 2.24) is 9.97 Å². The average Bonchev–Trinajstić information content (AvgIpc) is 3.48. The molecule has 0 bridgehead atoms. The minimum absolute atomic E-state index is 0.203. The second-order valence-electron chi connectivity index (χ2n) is 15.4. The Labute approximate surface area is 320 Å². The van der Waals surface area contributed by atoms with E-state index in [1.807, 2.05) is 6.07 Å². The third-order valence-electron chi connectivity index (χ3n) is 11.9. The van der Waals surface area contributed by atoms with Crippen LogP contribution < -0.4 is 0 Å². The fourth-order valence-corrected chi connectivity index (χ4v) is 9.07. The standard InChI is InChI=1S/C53H36N2/c1-53(2)45-18-10-17-44(48-32-47(54-52(55-48)39-13-7-4-8-14-39)35-21-19-34(20-22-35)33-11-5-3-6-12-33)51(45)43-30-27-40(31-46(43)53)41-28-25-38-24-23-36-15-9-16-37-26-29-42(41)50(38)49(36)37/h3-32H,1-2H3. The first-order chi connectivity index (χ1) is 27.0. The van der Waals surface area contributed by atoms with Gasteiger partial charge >= 0.3 is 0 Å². The molecule has 1 heterocycles. The lowest BCUT2D eigenvalue weighted by Gasteiger charge is -2.22. The summed E-state index contributed by atoms with van der Waals surface area (Å²) in [4.78, 5) is 10.4. The Hall–Kier alpha value is -6.90. The van der Waals surface area contributed by atoms with E-state index in [1.165, 1.54) is 76.8 Å². The van der Waals surface area contributed by atoms with Gasteiger partial charge in [0.15, 0.2) is 5.82 Å². The van der Waals surface area contributed by atoms with E-state index in [9.17, 15) is 0 Å². The summed E-state index contributed by atoms with van der Waals surface area (Å²) in [7, 11) is 0. The molecule has 0 unspecified atom stereocenters. The average molecular weight is 701 g/mol. The summed E-state index contributed by atoms with van der Waals surface area (Å²) in [6.45, 7) is 4.73. The van der Waals surface area contributed by atoms with Crippen molar-refractivity contribution in [1.29, 1.82) is 0 Å². The summed E-state index contributed by atoms with van der Waals surface area (Å²) in [5.41, 5.74) is 14.9. The van der Waals surface area contributed by atoms with Crippen molar-refractivity contribution in [3.63, 3.8) is 0 Å². The number of fused-ring (bicyclic) bond motifs is 3. The monoisotopic (exact) mass is 700 g/mol. The van der Waals surface area contributed by atoms with Gasteiger partial charge in [0, 0.05) is 22.1 Å². The summed E-state index contributed by atoms with van der Waals surface area (Å²) in [5.74, 6) is 0.722. The molecule has 11 rings (SSSR count). The van der Waals surface area contributed by atoms with Crippen molar-refractivity contribution in [2.24, 2.45) is 0 Å². The van der Waals surface area contributed by atoms with Crippen LogP contribution in [0.5, 0.6) is 0 Å². The number of hydrogen-bond donors (Lipinski definition) is 0. The molecule has 258 valence electrons. The molecule has 9 aromatic carbocycles. The highest BCUT2D eigenvalue weighted by atomic mass is 14.9. The van der Waals surface area contributed by atoms with Gasteiger partial charge in [0.2, 0.25) is 0 Å². The summed E-state index contributed by atoms with van der Waals surface area (Å²) < 4.78 is 0. The lowest BCUT2D eigenvalue weighted by atomic mass is 9.81. The molecule has 0 saturated heterocycles. The fraction of sp³-hybridized carbons (Fsp3) is 0.0566. The van der Waals surface area contributed by atoms with E-state index < -0.39 is 0 Å². The van der Waals surface area contributed by atoms with Crippen molar-refractivity contribution in [2.75, 3.05) is 0 Å². The zero-order valence-corrected chi connectivity index (χ0v) is 30.7. The van der Waals surface area contributed by atoms with Gasteiger partial charge in [0.1, 0.15) is 0 Å². The van der Waals surface area contributed by atoms with E-state index in [-0.39, 0.29) is 5.41 Å². The van der Waals surface area contributed by atoms with Gasteiger partial charge < -0.3 is 0 Å². The van der Waals surface area contributed by atoms with Gasteiger partial charge in [-0.15, -0.1) is 0 Å². The molecule has 0 amide bonds. The molecule has 0 aliphatic heterocycles. The molecule has 0 atom stereocenters. The summed E-state index contributed by atoms with van der Waals surface area (Å²) in [6.07, 6.45) is 0. The van der Waals surface area contributed by atoms with Crippen LogP contribution in [0, 0.1) is 0 Å². The van der Waals surface area contributed by atoms with Crippen LogP contribution in [0.4, 0.5) is 0 Å². The van der Waals surface area contributed by atoms with Gasteiger partial charge in [-0.2, -0.15) is 0 Å². The number of nitrogens with zero attached hydrogens (tertiary/aromatic N) is 2. The molecular weight excluding hydrogens is 665 g/mol. The molecule has 0 saturated carbocycles.